The number of nitrogens with one attached hydrogen (secondary N) is 3. The quantitative estimate of drug-likeness (QED) is 0.656. The molecule has 1 aliphatic heterocycles. The van der Waals surface area contributed by atoms with E-state index in [4.69, 9.17) is 4.74 Å². The van der Waals surface area contributed by atoms with E-state index in [0.29, 0.717) is 30.9 Å². The highest BCUT2D eigenvalue weighted by atomic mass is 16.6. The summed E-state index contributed by atoms with van der Waals surface area (Å²) in [7, 11) is 0. The first-order valence-electron chi connectivity index (χ1n) is 10.0. The molecule has 156 valence electrons. The second kappa shape index (κ2) is 8.86. The molecule has 3 N–H and O–H groups in total. The van der Waals surface area contributed by atoms with Crippen molar-refractivity contribution in [1.82, 2.24) is 10.6 Å². The van der Waals surface area contributed by atoms with Gasteiger partial charge in [-0.25, -0.2) is 9.59 Å². The third kappa shape index (κ3) is 5.08. The van der Waals surface area contributed by atoms with E-state index in [1.54, 1.807) is 24.3 Å². The van der Waals surface area contributed by atoms with Gasteiger partial charge in [0, 0.05) is 23.8 Å². The largest absolute Gasteiger partial charge is 0.447 e. The molecular weight excluding hydrogens is 384 g/mol. The number of cyclic esters (lactones) is 1. The fraction of sp³-hybridized carbons (Fsp3) is 0.318. The lowest BCUT2D eigenvalue weighted by Gasteiger charge is -2.19. The highest BCUT2D eigenvalue weighted by Gasteiger charge is 2.29. The molecule has 0 radical (unpaired) electrons. The second-order valence-corrected chi connectivity index (χ2v) is 7.44. The molecule has 8 heteroatoms. The van der Waals surface area contributed by atoms with E-state index in [9.17, 15) is 14.4 Å². The van der Waals surface area contributed by atoms with Crippen molar-refractivity contribution in [2.45, 2.75) is 31.3 Å². The Labute approximate surface area is 174 Å². The van der Waals surface area contributed by atoms with Gasteiger partial charge in [-0.1, -0.05) is 36.4 Å². The minimum atomic E-state index is -0.690. The summed E-state index contributed by atoms with van der Waals surface area (Å²) >= 11 is 0. The first kappa shape index (κ1) is 19.8. The van der Waals surface area contributed by atoms with Crippen LogP contribution < -0.4 is 20.9 Å². The Bertz CT molecular complexity index is 930. The summed E-state index contributed by atoms with van der Waals surface area (Å²) < 4.78 is 4.96. The summed E-state index contributed by atoms with van der Waals surface area (Å²) in [4.78, 5) is 38.5. The van der Waals surface area contributed by atoms with E-state index < -0.39 is 18.2 Å². The van der Waals surface area contributed by atoms with Crippen molar-refractivity contribution in [2.24, 2.45) is 0 Å². The Kier molecular flexibility index (Phi) is 5.83. The summed E-state index contributed by atoms with van der Waals surface area (Å²) in [5.41, 5.74) is 2.12. The van der Waals surface area contributed by atoms with Gasteiger partial charge >= 0.3 is 12.1 Å². The molecule has 1 saturated carbocycles. The molecular formula is C22H24N4O4. The van der Waals surface area contributed by atoms with Crippen LogP contribution in [0, 0.1) is 0 Å². The molecule has 1 unspecified atom stereocenters. The van der Waals surface area contributed by atoms with Crippen molar-refractivity contribution >= 4 is 29.4 Å². The van der Waals surface area contributed by atoms with Crippen LogP contribution in [0.4, 0.5) is 21.0 Å². The average molecular weight is 408 g/mol. The molecule has 1 heterocycles. The van der Waals surface area contributed by atoms with Gasteiger partial charge in [-0.3, -0.25) is 9.69 Å². The van der Waals surface area contributed by atoms with E-state index >= 15 is 0 Å². The number of nitrogens with zero attached hydrogens (tertiary/aromatic N) is 1. The topological polar surface area (TPSA) is 99.8 Å². The molecule has 30 heavy (non-hydrogen) atoms. The normalized spacial score (nSPS) is 16.5. The van der Waals surface area contributed by atoms with E-state index in [0.717, 1.165) is 18.4 Å². The predicted molar refractivity (Wildman–Crippen MR) is 112 cm³/mol. The molecule has 1 aliphatic carbocycles. The average Bonchev–Trinajstić information content (AvgIpc) is 3.45. The minimum Gasteiger partial charge on any atom is -0.447 e. The molecule has 0 aromatic heterocycles. The number of anilines is 2. The van der Waals surface area contributed by atoms with Crippen LogP contribution in [-0.2, 0) is 16.0 Å². The molecule has 4 rings (SSSR count). The van der Waals surface area contributed by atoms with Crippen molar-refractivity contribution in [2.75, 3.05) is 23.4 Å². The van der Waals surface area contributed by atoms with Crippen molar-refractivity contribution in [3.63, 3.8) is 0 Å². The SMILES string of the molecule is O=C(Nc1cccc(N2CCOC2=O)c1)NC(Cc1ccccc1)C(=O)NC1CC1. The van der Waals surface area contributed by atoms with Gasteiger partial charge in [0.2, 0.25) is 5.91 Å². The molecule has 1 atom stereocenters. The fourth-order valence-electron chi connectivity index (χ4n) is 3.29. The maximum Gasteiger partial charge on any atom is 0.414 e. The van der Waals surface area contributed by atoms with Crippen molar-refractivity contribution in [3.8, 4) is 0 Å². The maximum atomic E-state index is 12.6. The smallest absolute Gasteiger partial charge is 0.414 e. The predicted octanol–water partition coefficient (Wildman–Crippen LogP) is 2.65. The highest BCUT2D eigenvalue weighted by Crippen LogP contribution is 2.22. The number of amides is 4. The number of rotatable bonds is 7. The Morgan fingerprint density at radius 1 is 1.10 bits per heavy atom. The number of benzene rings is 2. The minimum absolute atomic E-state index is 0.190. The van der Waals surface area contributed by atoms with Gasteiger partial charge in [-0.2, -0.15) is 0 Å². The highest BCUT2D eigenvalue weighted by molar-refractivity contribution is 5.95. The van der Waals surface area contributed by atoms with Gasteiger partial charge in [0.05, 0.1) is 6.54 Å². The van der Waals surface area contributed by atoms with E-state index in [1.807, 2.05) is 30.3 Å². The van der Waals surface area contributed by atoms with Crippen LogP contribution in [0.1, 0.15) is 18.4 Å². The van der Waals surface area contributed by atoms with E-state index in [-0.39, 0.29) is 11.9 Å². The summed E-state index contributed by atoms with van der Waals surface area (Å²) in [6.07, 6.45) is 1.94. The van der Waals surface area contributed by atoms with Gasteiger partial charge in [0.15, 0.2) is 0 Å². The molecule has 0 bridgehead atoms. The monoisotopic (exact) mass is 408 g/mol. The molecule has 2 aliphatic rings. The molecule has 0 spiro atoms. The fourth-order valence-corrected chi connectivity index (χ4v) is 3.29. The Morgan fingerprint density at radius 2 is 1.90 bits per heavy atom. The lowest BCUT2D eigenvalue weighted by molar-refractivity contribution is -0.123. The zero-order valence-electron chi connectivity index (χ0n) is 16.5. The standard InChI is InChI=1S/C22H24N4O4/c27-20(23-16-9-10-16)19(13-15-5-2-1-3-6-15)25-21(28)24-17-7-4-8-18(14-17)26-11-12-30-22(26)29/h1-8,14,16,19H,9-13H2,(H,23,27)(H2,24,25,28). The summed E-state index contributed by atoms with van der Waals surface area (Å²) in [5.74, 6) is -0.190. The molecule has 4 amide bonds. The van der Waals surface area contributed by atoms with Crippen LogP contribution in [0.5, 0.6) is 0 Å². The molecule has 2 fully saturated rings. The zero-order valence-corrected chi connectivity index (χ0v) is 16.5. The van der Waals surface area contributed by atoms with Gasteiger partial charge in [0.1, 0.15) is 12.6 Å². The van der Waals surface area contributed by atoms with Crippen molar-refractivity contribution < 1.29 is 19.1 Å². The van der Waals surface area contributed by atoms with E-state index in [1.165, 1.54) is 4.90 Å². The number of urea groups is 1. The van der Waals surface area contributed by atoms with Gasteiger partial charge < -0.3 is 20.7 Å². The summed E-state index contributed by atoms with van der Waals surface area (Å²) in [5, 5.41) is 8.48. The molecule has 8 nitrogen and oxygen atoms in total. The van der Waals surface area contributed by atoms with Gasteiger partial charge in [0.25, 0.3) is 0 Å². The van der Waals surface area contributed by atoms with Gasteiger partial charge in [-0.05, 0) is 36.6 Å². The Balaban J connectivity index is 1.41. The van der Waals surface area contributed by atoms with E-state index in [2.05, 4.69) is 16.0 Å². The first-order valence-corrected chi connectivity index (χ1v) is 10.0. The second-order valence-electron chi connectivity index (χ2n) is 7.44. The zero-order chi connectivity index (χ0) is 20.9. The van der Waals surface area contributed by atoms with Crippen LogP contribution in [0.25, 0.3) is 0 Å². The van der Waals surface area contributed by atoms with Crippen LogP contribution in [0.3, 0.4) is 0 Å². The number of hydrogen-bond acceptors (Lipinski definition) is 4. The molecule has 2 aromatic rings. The van der Waals surface area contributed by atoms with Crippen LogP contribution in [0.15, 0.2) is 54.6 Å². The van der Waals surface area contributed by atoms with Crippen LogP contribution in [-0.4, -0.2) is 43.3 Å². The molecule has 2 aromatic carbocycles. The third-order valence-electron chi connectivity index (χ3n) is 5.00. The number of carbonyl (C=O) groups is 3. The van der Waals surface area contributed by atoms with Crippen molar-refractivity contribution in [3.05, 3.63) is 60.2 Å². The Hall–Kier alpha value is -3.55. The van der Waals surface area contributed by atoms with Gasteiger partial charge in [-0.15, -0.1) is 0 Å². The Morgan fingerprint density at radius 3 is 2.60 bits per heavy atom. The maximum absolute atomic E-state index is 12.6. The summed E-state index contributed by atoms with van der Waals surface area (Å²) in [6, 6.07) is 15.5. The van der Waals surface area contributed by atoms with Crippen molar-refractivity contribution in [1.29, 1.82) is 0 Å². The number of hydrogen-bond donors (Lipinski definition) is 3. The lowest BCUT2D eigenvalue weighted by Crippen LogP contribution is -2.49. The van der Waals surface area contributed by atoms with Crippen LogP contribution in [0.2, 0.25) is 0 Å². The number of ether oxygens (including phenoxy) is 1. The van der Waals surface area contributed by atoms with Crippen LogP contribution >= 0.6 is 0 Å². The molecule has 1 saturated heterocycles. The summed E-state index contributed by atoms with van der Waals surface area (Å²) in [6.45, 7) is 0.809. The number of carbonyl (C=O) groups excluding carboxylic acids is 3. The third-order valence-corrected chi connectivity index (χ3v) is 5.00. The first-order chi connectivity index (χ1) is 14.6. The lowest BCUT2D eigenvalue weighted by atomic mass is 10.1.